The van der Waals surface area contributed by atoms with E-state index in [0.29, 0.717) is 29.5 Å². The third-order valence-corrected chi connectivity index (χ3v) is 7.17. The molecule has 0 bridgehead atoms. The van der Waals surface area contributed by atoms with Gasteiger partial charge in [0.05, 0.1) is 13.2 Å². The molecule has 0 spiro atoms. The highest BCUT2D eigenvalue weighted by molar-refractivity contribution is 7.84. The van der Waals surface area contributed by atoms with Gasteiger partial charge in [-0.15, -0.1) is 0 Å². The number of ether oxygens (including phenoxy) is 2. The molecule has 0 saturated heterocycles. The molecule has 0 aliphatic carbocycles. The molecule has 1 aromatic rings. The number of amides is 1. The van der Waals surface area contributed by atoms with Gasteiger partial charge < -0.3 is 9.47 Å². The number of carbonyl (C=O) groups excluding carboxylic acids is 1. The van der Waals surface area contributed by atoms with Gasteiger partial charge in [-0.2, -0.15) is 0 Å². The summed E-state index contributed by atoms with van der Waals surface area (Å²) in [5.41, 5.74) is 0.540. The van der Waals surface area contributed by atoms with E-state index in [1.807, 2.05) is 13.8 Å². The van der Waals surface area contributed by atoms with E-state index in [9.17, 15) is 9.00 Å². The number of unbranched alkanes of at least 4 members (excludes halogenated alkanes) is 15. The first-order valence-electron chi connectivity index (χ1n) is 14.5. The Kier molecular flexibility index (Phi) is 19.4. The van der Waals surface area contributed by atoms with E-state index in [0.717, 1.165) is 12.8 Å². The molecule has 0 fully saturated rings. The van der Waals surface area contributed by atoms with Crippen molar-refractivity contribution in [2.45, 2.75) is 128 Å². The zero-order valence-corrected chi connectivity index (χ0v) is 24.4. The Labute approximate surface area is 224 Å². The summed E-state index contributed by atoms with van der Waals surface area (Å²) >= 11 is 0. The topological polar surface area (TPSA) is 64.6 Å². The molecule has 0 heterocycles. The number of benzene rings is 1. The van der Waals surface area contributed by atoms with Crippen LogP contribution in [0.1, 0.15) is 124 Å². The van der Waals surface area contributed by atoms with Gasteiger partial charge in [0.15, 0.2) is 0 Å². The van der Waals surface area contributed by atoms with E-state index < -0.39 is 16.9 Å². The minimum Gasteiger partial charge on any atom is -0.493 e. The van der Waals surface area contributed by atoms with Crippen molar-refractivity contribution in [2.24, 2.45) is 5.92 Å². The van der Waals surface area contributed by atoms with Crippen molar-refractivity contribution >= 4 is 22.6 Å². The second-order valence-electron chi connectivity index (χ2n) is 10.4. The molecule has 1 rings (SSSR count). The third-order valence-electron chi connectivity index (χ3n) is 6.27. The van der Waals surface area contributed by atoms with Gasteiger partial charge in [0, 0.05) is 33.7 Å². The monoisotopic (exact) mass is 523 g/mol. The lowest BCUT2D eigenvalue weighted by molar-refractivity contribution is 0.147. The van der Waals surface area contributed by atoms with Crippen LogP contribution in [0.5, 0.6) is 5.75 Å². The summed E-state index contributed by atoms with van der Waals surface area (Å²) in [4.78, 5) is 12.6. The molecular formula is C30H53NO4S. The van der Waals surface area contributed by atoms with Gasteiger partial charge in [0.25, 0.3) is 0 Å². The highest BCUT2D eigenvalue weighted by Crippen LogP contribution is 2.24. The molecule has 1 amide bonds. The van der Waals surface area contributed by atoms with Crippen LogP contribution >= 0.6 is 0 Å². The van der Waals surface area contributed by atoms with Gasteiger partial charge in [-0.1, -0.05) is 117 Å². The second-order valence-corrected chi connectivity index (χ2v) is 11.8. The van der Waals surface area contributed by atoms with Crippen molar-refractivity contribution in [1.82, 2.24) is 0 Å². The van der Waals surface area contributed by atoms with Gasteiger partial charge in [-0.25, -0.2) is 4.79 Å². The second kappa shape index (κ2) is 21.5. The van der Waals surface area contributed by atoms with Crippen LogP contribution in [0, 0.1) is 5.92 Å². The lowest BCUT2D eigenvalue weighted by Gasteiger charge is -2.12. The normalized spacial score (nSPS) is 12.0. The number of hydrogen-bond acceptors (Lipinski definition) is 4. The quantitative estimate of drug-likeness (QED) is 0.154. The summed E-state index contributed by atoms with van der Waals surface area (Å²) in [6, 6.07) is 5.25. The van der Waals surface area contributed by atoms with Crippen LogP contribution < -0.4 is 10.1 Å². The van der Waals surface area contributed by atoms with Crippen LogP contribution in [0.25, 0.3) is 0 Å². The van der Waals surface area contributed by atoms with Gasteiger partial charge in [0.1, 0.15) is 5.75 Å². The van der Waals surface area contributed by atoms with E-state index in [4.69, 9.17) is 9.47 Å². The van der Waals surface area contributed by atoms with Crippen LogP contribution in [0.2, 0.25) is 0 Å². The predicted molar refractivity (Wildman–Crippen MR) is 154 cm³/mol. The van der Waals surface area contributed by atoms with Gasteiger partial charge in [-0.05, 0) is 24.5 Å². The minimum atomic E-state index is -1.17. The Morgan fingerprint density at radius 1 is 0.806 bits per heavy atom. The molecular weight excluding hydrogens is 470 g/mol. The maximum Gasteiger partial charge on any atom is 0.411 e. The fourth-order valence-corrected chi connectivity index (χ4v) is 4.70. The van der Waals surface area contributed by atoms with Crippen molar-refractivity contribution in [3.63, 3.8) is 0 Å². The van der Waals surface area contributed by atoms with Crippen LogP contribution in [0.3, 0.4) is 0 Å². The fraction of sp³-hybridized carbons (Fsp3) is 0.767. The molecule has 1 unspecified atom stereocenters. The first-order chi connectivity index (χ1) is 17.4. The molecule has 0 aliphatic heterocycles. The van der Waals surface area contributed by atoms with E-state index in [1.165, 1.54) is 89.9 Å². The standard InChI is InChI=1S/C30H53NO4S/c1-5-6-7-8-9-10-11-12-13-14-15-16-17-18-19-20-21-34-28-22-27(23-29(24-28)36(4)33)31-30(32)35-25-26(2)3/h22-24,26H,5-21,25H2,1-4H3,(H,31,32). The summed E-state index contributed by atoms with van der Waals surface area (Å²) in [6.07, 6.45) is 22.6. The van der Waals surface area contributed by atoms with Crippen molar-refractivity contribution in [3.05, 3.63) is 18.2 Å². The zero-order valence-electron chi connectivity index (χ0n) is 23.6. The SMILES string of the molecule is CCCCCCCCCCCCCCCCCCOc1cc(NC(=O)OCC(C)C)cc(S(C)=O)c1. The summed E-state index contributed by atoms with van der Waals surface area (Å²) in [5, 5.41) is 2.72. The van der Waals surface area contributed by atoms with E-state index in [-0.39, 0.29) is 5.92 Å². The molecule has 1 atom stereocenters. The molecule has 0 radical (unpaired) electrons. The largest absolute Gasteiger partial charge is 0.493 e. The van der Waals surface area contributed by atoms with Crippen LogP contribution in [-0.4, -0.2) is 29.8 Å². The summed E-state index contributed by atoms with van der Waals surface area (Å²) < 4.78 is 23.1. The lowest BCUT2D eigenvalue weighted by atomic mass is 10.0. The smallest absolute Gasteiger partial charge is 0.411 e. The number of anilines is 1. The molecule has 0 aromatic heterocycles. The Morgan fingerprint density at radius 3 is 1.78 bits per heavy atom. The van der Waals surface area contributed by atoms with Crippen molar-refractivity contribution in [2.75, 3.05) is 24.8 Å². The zero-order chi connectivity index (χ0) is 26.4. The van der Waals surface area contributed by atoms with E-state index >= 15 is 0 Å². The molecule has 1 aromatic carbocycles. The predicted octanol–water partition coefficient (Wildman–Crippen LogP) is 9.27. The lowest BCUT2D eigenvalue weighted by Crippen LogP contribution is -2.16. The minimum absolute atomic E-state index is 0.267. The first-order valence-corrected chi connectivity index (χ1v) is 16.0. The van der Waals surface area contributed by atoms with E-state index in [2.05, 4.69) is 12.2 Å². The van der Waals surface area contributed by atoms with Crippen molar-refractivity contribution in [3.8, 4) is 5.75 Å². The summed E-state index contributed by atoms with van der Waals surface area (Å²) in [7, 11) is -1.17. The van der Waals surface area contributed by atoms with Gasteiger partial charge in [-0.3, -0.25) is 9.53 Å². The molecule has 1 N–H and O–H groups in total. The number of hydrogen-bond donors (Lipinski definition) is 1. The van der Waals surface area contributed by atoms with Gasteiger partial charge in [0.2, 0.25) is 0 Å². The highest BCUT2D eigenvalue weighted by Gasteiger charge is 2.10. The van der Waals surface area contributed by atoms with Crippen LogP contribution in [-0.2, 0) is 15.5 Å². The Hall–Kier alpha value is -1.56. The number of rotatable bonds is 22. The fourth-order valence-electron chi connectivity index (χ4n) is 4.13. The van der Waals surface area contributed by atoms with Crippen LogP contribution in [0.4, 0.5) is 10.5 Å². The number of carbonyl (C=O) groups is 1. The Bertz CT molecular complexity index is 723. The first kappa shape index (κ1) is 32.5. The number of nitrogens with one attached hydrogen (secondary N) is 1. The van der Waals surface area contributed by atoms with Crippen molar-refractivity contribution in [1.29, 1.82) is 0 Å². The van der Waals surface area contributed by atoms with Gasteiger partial charge >= 0.3 is 6.09 Å². The average molecular weight is 524 g/mol. The third kappa shape index (κ3) is 17.8. The maximum absolute atomic E-state index is 12.0. The molecule has 5 nitrogen and oxygen atoms in total. The molecule has 36 heavy (non-hydrogen) atoms. The van der Waals surface area contributed by atoms with E-state index in [1.54, 1.807) is 24.5 Å². The molecule has 6 heteroatoms. The molecule has 208 valence electrons. The molecule has 0 aliphatic rings. The Morgan fingerprint density at radius 2 is 1.31 bits per heavy atom. The summed E-state index contributed by atoms with van der Waals surface area (Å²) in [5.74, 6) is 0.895. The highest BCUT2D eigenvalue weighted by atomic mass is 32.2. The van der Waals surface area contributed by atoms with Crippen LogP contribution in [0.15, 0.2) is 23.1 Å². The average Bonchev–Trinajstić information content (AvgIpc) is 2.84. The molecule has 0 saturated carbocycles. The van der Waals surface area contributed by atoms with Crippen molar-refractivity contribution < 1.29 is 18.5 Å². The summed E-state index contributed by atoms with van der Waals surface area (Å²) in [6.45, 7) is 7.22. The maximum atomic E-state index is 12.0. The Balaban J connectivity index is 2.12.